The molecular formula is C23H28N4O3S. The van der Waals surface area contributed by atoms with Gasteiger partial charge in [0.15, 0.2) is 0 Å². The number of fused-ring (bicyclic) bond motifs is 1. The fourth-order valence-corrected chi connectivity index (χ4v) is 5.33. The normalized spacial score (nSPS) is 16.5. The van der Waals surface area contributed by atoms with Gasteiger partial charge in [-0.3, -0.25) is 4.79 Å². The summed E-state index contributed by atoms with van der Waals surface area (Å²) in [5.41, 5.74) is 3.25. The average molecular weight is 441 g/mol. The maximum absolute atomic E-state index is 13.0. The summed E-state index contributed by atoms with van der Waals surface area (Å²) in [5.74, 6) is -0.157. The van der Waals surface area contributed by atoms with Crippen LogP contribution >= 0.6 is 0 Å². The van der Waals surface area contributed by atoms with Gasteiger partial charge >= 0.3 is 0 Å². The van der Waals surface area contributed by atoms with Crippen LogP contribution in [0.1, 0.15) is 49.5 Å². The molecule has 0 bridgehead atoms. The smallest absolute Gasteiger partial charge is 0.251 e. The molecule has 2 N–H and O–H groups in total. The molecule has 0 spiro atoms. The summed E-state index contributed by atoms with van der Waals surface area (Å²) >= 11 is 0. The molecule has 1 aromatic heterocycles. The summed E-state index contributed by atoms with van der Waals surface area (Å²) in [5, 5.41) is 3.03. The third kappa shape index (κ3) is 4.50. The van der Waals surface area contributed by atoms with Gasteiger partial charge in [0.1, 0.15) is 0 Å². The zero-order valence-corrected chi connectivity index (χ0v) is 18.9. The SMILES string of the molecule is CC(C)(C)c1ccc(S(=O)(=O)N2CCC(NC(=O)c3ccc4nc[nH]c4c3)CC2)cc1. The van der Waals surface area contributed by atoms with Crippen molar-refractivity contribution in [2.45, 2.75) is 50.0 Å². The van der Waals surface area contributed by atoms with E-state index in [2.05, 4.69) is 36.1 Å². The summed E-state index contributed by atoms with van der Waals surface area (Å²) in [6.07, 6.45) is 2.76. The van der Waals surface area contributed by atoms with Crippen LogP contribution in [-0.2, 0) is 15.4 Å². The Kier molecular flexibility index (Phi) is 5.61. The molecule has 0 atom stereocenters. The molecule has 4 rings (SSSR count). The summed E-state index contributed by atoms with van der Waals surface area (Å²) in [7, 11) is -3.54. The number of nitrogens with zero attached hydrogens (tertiary/aromatic N) is 2. The third-order valence-corrected chi connectivity index (χ3v) is 7.74. The van der Waals surface area contributed by atoms with Gasteiger partial charge in [-0.05, 0) is 54.2 Å². The largest absolute Gasteiger partial charge is 0.349 e. The lowest BCUT2D eigenvalue weighted by Crippen LogP contribution is -2.46. The first kappa shape index (κ1) is 21.5. The van der Waals surface area contributed by atoms with Crippen LogP contribution in [0.5, 0.6) is 0 Å². The lowest BCUT2D eigenvalue weighted by molar-refractivity contribution is 0.0924. The molecule has 7 nitrogen and oxygen atoms in total. The van der Waals surface area contributed by atoms with Crippen molar-refractivity contribution in [1.82, 2.24) is 19.6 Å². The number of imidazole rings is 1. The fraction of sp³-hybridized carbons (Fsp3) is 0.391. The van der Waals surface area contributed by atoms with Crippen molar-refractivity contribution in [2.24, 2.45) is 0 Å². The van der Waals surface area contributed by atoms with E-state index in [0.29, 0.717) is 36.4 Å². The Balaban J connectivity index is 1.38. The van der Waals surface area contributed by atoms with Gasteiger partial charge in [-0.2, -0.15) is 4.31 Å². The molecule has 0 radical (unpaired) electrons. The van der Waals surface area contributed by atoms with Crippen molar-refractivity contribution in [1.29, 1.82) is 0 Å². The summed E-state index contributed by atoms with van der Waals surface area (Å²) in [6.45, 7) is 7.07. The second kappa shape index (κ2) is 8.09. The van der Waals surface area contributed by atoms with Crippen molar-refractivity contribution < 1.29 is 13.2 Å². The zero-order valence-electron chi connectivity index (χ0n) is 18.1. The van der Waals surface area contributed by atoms with Crippen LogP contribution in [0, 0.1) is 0 Å². The number of sulfonamides is 1. The Morgan fingerprint density at radius 2 is 1.77 bits per heavy atom. The Morgan fingerprint density at radius 1 is 1.10 bits per heavy atom. The number of amides is 1. The first-order valence-corrected chi connectivity index (χ1v) is 11.9. The van der Waals surface area contributed by atoms with Gasteiger partial charge in [0.2, 0.25) is 10.0 Å². The minimum absolute atomic E-state index is 0.0270. The molecule has 0 unspecified atom stereocenters. The van der Waals surface area contributed by atoms with E-state index in [1.54, 1.807) is 36.7 Å². The van der Waals surface area contributed by atoms with Crippen molar-refractivity contribution in [3.05, 3.63) is 59.9 Å². The monoisotopic (exact) mass is 440 g/mol. The topological polar surface area (TPSA) is 95.2 Å². The van der Waals surface area contributed by atoms with Crippen molar-refractivity contribution >= 4 is 27.0 Å². The Morgan fingerprint density at radius 3 is 2.42 bits per heavy atom. The molecule has 0 saturated carbocycles. The highest BCUT2D eigenvalue weighted by Crippen LogP contribution is 2.26. The molecule has 31 heavy (non-hydrogen) atoms. The molecule has 2 heterocycles. The molecule has 1 fully saturated rings. The van der Waals surface area contributed by atoms with E-state index in [-0.39, 0.29) is 17.4 Å². The van der Waals surface area contributed by atoms with Gasteiger partial charge in [-0.25, -0.2) is 13.4 Å². The van der Waals surface area contributed by atoms with Crippen LogP contribution in [0.2, 0.25) is 0 Å². The van der Waals surface area contributed by atoms with Crippen molar-refractivity contribution in [3.63, 3.8) is 0 Å². The van der Waals surface area contributed by atoms with Crippen LogP contribution in [-0.4, -0.2) is 47.7 Å². The van der Waals surface area contributed by atoms with E-state index in [9.17, 15) is 13.2 Å². The molecular weight excluding hydrogens is 412 g/mol. The number of aromatic nitrogens is 2. The second-order valence-electron chi connectivity index (χ2n) is 9.06. The zero-order chi connectivity index (χ0) is 22.2. The van der Waals surface area contributed by atoms with Gasteiger partial charge < -0.3 is 10.3 Å². The Labute approximate surface area is 182 Å². The molecule has 1 amide bonds. The minimum atomic E-state index is -3.54. The van der Waals surface area contributed by atoms with Crippen LogP contribution in [0.4, 0.5) is 0 Å². The number of carbonyl (C=O) groups excluding carboxylic acids is 1. The predicted molar refractivity (Wildman–Crippen MR) is 120 cm³/mol. The predicted octanol–water partition coefficient (Wildman–Crippen LogP) is 3.44. The summed E-state index contributed by atoms with van der Waals surface area (Å²) in [6, 6.07) is 12.4. The van der Waals surface area contributed by atoms with Crippen LogP contribution in [0.3, 0.4) is 0 Å². The second-order valence-corrected chi connectivity index (χ2v) is 11.0. The van der Waals surface area contributed by atoms with E-state index in [1.807, 2.05) is 12.1 Å². The van der Waals surface area contributed by atoms with Crippen LogP contribution in [0.25, 0.3) is 11.0 Å². The van der Waals surface area contributed by atoms with Crippen LogP contribution < -0.4 is 5.32 Å². The number of benzene rings is 2. The molecule has 3 aromatic rings. The van der Waals surface area contributed by atoms with Gasteiger partial charge in [-0.15, -0.1) is 0 Å². The number of hydrogen-bond acceptors (Lipinski definition) is 4. The molecule has 1 saturated heterocycles. The van der Waals surface area contributed by atoms with E-state index < -0.39 is 10.0 Å². The molecule has 8 heteroatoms. The molecule has 2 aromatic carbocycles. The number of carbonyl (C=O) groups is 1. The number of piperidine rings is 1. The Bertz CT molecular complexity index is 1190. The van der Waals surface area contributed by atoms with Gasteiger partial charge in [-0.1, -0.05) is 32.9 Å². The number of H-pyrrole nitrogens is 1. The highest BCUT2D eigenvalue weighted by molar-refractivity contribution is 7.89. The van der Waals surface area contributed by atoms with Crippen LogP contribution in [0.15, 0.2) is 53.7 Å². The van der Waals surface area contributed by atoms with Gasteiger partial charge in [0.05, 0.1) is 22.3 Å². The first-order chi connectivity index (χ1) is 14.6. The maximum atomic E-state index is 13.0. The number of aromatic amines is 1. The highest BCUT2D eigenvalue weighted by Gasteiger charge is 2.30. The third-order valence-electron chi connectivity index (χ3n) is 5.83. The first-order valence-electron chi connectivity index (χ1n) is 10.5. The molecule has 1 aliphatic heterocycles. The van der Waals surface area contributed by atoms with E-state index in [4.69, 9.17) is 0 Å². The van der Waals surface area contributed by atoms with E-state index >= 15 is 0 Å². The fourth-order valence-electron chi connectivity index (χ4n) is 3.86. The molecule has 164 valence electrons. The number of rotatable bonds is 4. The van der Waals surface area contributed by atoms with E-state index in [1.165, 1.54) is 4.31 Å². The average Bonchev–Trinajstić information content (AvgIpc) is 3.21. The minimum Gasteiger partial charge on any atom is -0.349 e. The van der Waals surface area contributed by atoms with E-state index in [0.717, 1.165) is 16.6 Å². The number of nitrogens with one attached hydrogen (secondary N) is 2. The Hall–Kier alpha value is -2.71. The summed E-state index contributed by atoms with van der Waals surface area (Å²) < 4.78 is 27.6. The standard InChI is InChI=1S/C23H28N4O3S/c1-23(2,3)17-5-7-19(8-6-17)31(29,30)27-12-10-18(11-13-27)26-22(28)16-4-9-20-21(14-16)25-15-24-20/h4-9,14-15,18H,10-13H2,1-3H3,(H,24,25)(H,26,28). The lowest BCUT2D eigenvalue weighted by Gasteiger charge is -2.31. The van der Waals surface area contributed by atoms with Gasteiger partial charge in [0.25, 0.3) is 5.91 Å². The van der Waals surface area contributed by atoms with Crippen molar-refractivity contribution in [2.75, 3.05) is 13.1 Å². The summed E-state index contributed by atoms with van der Waals surface area (Å²) in [4.78, 5) is 20.1. The highest BCUT2D eigenvalue weighted by atomic mass is 32.2. The number of hydrogen-bond donors (Lipinski definition) is 2. The quantitative estimate of drug-likeness (QED) is 0.650. The van der Waals surface area contributed by atoms with Gasteiger partial charge in [0, 0.05) is 24.7 Å². The molecule has 0 aliphatic carbocycles. The molecule has 1 aliphatic rings. The van der Waals surface area contributed by atoms with Crippen molar-refractivity contribution in [3.8, 4) is 0 Å². The lowest BCUT2D eigenvalue weighted by atomic mass is 9.87. The maximum Gasteiger partial charge on any atom is 0.251 e.